The number of hydroxylamine groups is 1. The number of benzene rings is 3. The van der Waals surface area contributed by atoms with Crippen LogP contribution in [0.3, 0.4) is 0 Å². The lowest BCUT2D eigenvalue weighted by atomic mass is 10.0. The van der Waals surface area contributed by atoms with Crippen molar-refractivity contribution in [2.75, 3.05) is 13.2 Å². The van der Waals surface area contributed by atoms with Gasteiger partial charge in [-0.2, -0.15) is 0 Å². The van der Waals surface area contributed by atoms with Crippen molar-refractivity contribution in [3.8, 4) is 5.75 Å². The van der Waals surface area contributed by atoms with Gasteiger partial charge < -0.3 is 4.74 Å². The van der Waals surface area contributed by atoms with Crippen molar-refractivity contribution in [2.24, 2.45) is 0 Å². The molecule has 0 fully saturated rings. The molecule has 0 aliphatic carbocycles. The molecule has 4 heteroatoms. The average Bonchev–Trinajstić information content (AvgIpc) is 2.66. The fourth-order valence-electron chi connectivity index (χ4n) is 2.63. The Morgan fingerprint density at radius 2 is 1.60 bits per heavy atom. The summed E-state index contributed by atoms with van der Waals surface area (Å²) < 4.78 is 5.56. The van der Waals surface area contributed by atoms with E-state index in [1.807, 2.05) is 72.8 Å². The van der Waals surface area contributed by atoms with Crippen LogP contribution in [0, 0.1) is 0 Å². The fourth-order valence-corrected chi connectivity index (χ4v) is 2.63. The Bertz CT molecular complexity index is 812. The quantitative estimate of drug-likeness (QED) is 0.502. The predicted molar refractivity (Wildman–Crippen MR) is 98.3 cm³/mol. The molecule has 0 radical (unpaired) electrons. The molecule has 3 aromatic rings. The molecule has 0 aliphatic heterocycles. The zero-order chi connectivity index (χ0) is 17.3. The molecule has 0 saturated carbocycles. The first kappa shape index (κ1) is 17.0. The summed E-state index contributed by atoms with van der Waals surface area (Å²) in [6.45, 7) is 0.956. The molecule has 3 aromatic carbocycles. The van der Waals surface area contributed by atoms with E-state index in [1.54, 1.807) is 0 Å². The van der Waals surface area contributed by atoms with Gasteiger partial charge >= 0.3 is 0 Å². The number of ether oxygens (including phenoxy) is 1. The second-order valence-corrected chi connectivity index (χ2v) is 5.70. The molecule has 0 heterocycles. The summed E-state index contributed by atoms with van der Waals surface area (Å²) in [5.41, 5.74) is 3.49. The zero-order valence-electron chi connectivity index (χ0n) is 14.0. The molecule has 0 atom stereocenters. The van der Waals surface area contributed by atoms with Crippen molar-refractivity contribution in [3.63, 3.8) is 0 Å². The highest BCUT2D eigenvalue weighted by Gasteiger charge is 2.06. The minimum atomic E-state index is -0.152. The molecular weight excluding hydrogens is 314 g/mol. The average molecular weight is 335 g/mol. The molecule has 1 N–H and O–H groups in total. The van der Waals surface area contributed by atoms with Crippen molar-refractivity contribution >= 4 is 16.7 Å². The van der Waals surface area contributed by atoms with E-state index in [0.717, 1.165) is 22.1 Å². The van der Waals surface area contributed by atoms with E-state index < -0.39 is 0 Å². The van der Waals surface area contributed by atoms with Crippen LogP contribution in [0.25, 0.3) is 10.8 Å². The van der Waals surface area contributed by atoms with Crippen LogP contribution >= 0.6 is 0 Å². The lowest BCUT2D eigenvalue weighted by Gasteiger charge is -2.09. The van der Waals surface area contributed by atoms with Gasteiger partial charge in [-0.15, -0.1) is 0 Å². The summed E-state index contributed by atoms with van der Waals surface area (Å²) in [6, 6.07) is 23.6. The normalized spacial score (nSPS) is 10.6. The maximum Gasteiger partial charge on any atom is 0.247 e. The van der Waals surface area contributed by atoms with E-state index in [1.165, 1.54) is 0 Å². The highest BCUT2D eigenvalue weighted by Crippen LogP contribution is 2.18. The number of hydrogen-bond acceptors (Lipinski definition) is 3. The molecule has 0 spiro atoms. The van der Waals surface area contributed by atoms with E-state index in [9.17, 15) is 4.79 Å². The number of fused-ring (bicyclic) bond motifs is 1. The Kier molecular flexibility index (Phi) is 6.01. The molecule has 3 rings (SSSR count). The SMILES string of the molecule is O=C(Cc1cccc2ccccc12)NOCCCOc1ccccc1. The van der Waals surface area contributed by atoms with Crippen LogP contribution in [0.2, 0.25) is 0 Å². The zero-order valence-corrected chi connectivity index (χ0v) is 14.0. The third kappa shape index (κ3) is 5.06. The highest BCUT2D eigenvalue weighted by atomic mass is 16.7. The van der Waals surface area contributed by atoms with Gasteiger partial charge in [0.1, 0.15) is 5.75 Å². The molecule has 0 saturated heterocycles. The number of hydrogen-bond donors (Lipinski definition) is 1. The first-order valence-electron chi connectivity index (χ1n) is 8.38. The van der Waals surface area contributed by atoms with E-state index in [0.29, 0.717) is 26.1 Å². The number of amides is 1. The van der Waals surface area contributed by atoms with Crippen molar-refractivity contribution in [3.05, 3.63) is 78.4 Å². The van der Waals surface area contributed by atoms with Crippen LogP contribution in [-0.4, -0.2) is 19.1 Å². The first-order valence-corrected chi connectivity index (χ1v) is 8.38. The van der Waals surface area contributed by atoms with E-state index in [2.05, 4.69) is 5.48 Å². The predicted octanol–water partition coefficient (Wildman–Crippen LogP) is 3.90. The van der Waals surface area contributed by atoms with Gasteiger partial charge in [0.15, 0.2) is 0 Å². The fraction of sp³-hybridized carbons (Fsp3) is 0.190. The number of nitrogens with one attached hydrogen (secondary N) is 1. The van der Waals surface area contributed by atoms with Gasteiger partial charge in [0.05, 0.1) is 19.6 Å². The second kappa shape index (κ2) is 8.85. The topological polar surface area (TPSA) is 47.6 Å². The summed E-state index contributed by atoms with van der Waals surface area (Å²) in [5, 5.41) is 2.23. The Balaban J connectivity index is 1.38. The van der Waals surface area contributed by atoms with Gasteiger partial charge in [-0.1, -0.05) is 60.7 Å². The number of carbonyl (C=O) groups excluding carboxylic acids is 1. The molecule has 0 bridgehead atoms. The lowest BCUT2D eigenvalue weighted by molar-refractivity contribution is -0.133. The summed E-state index contributed by atoms with van der Waals surface area (Å²) in [4.78, 5) is 17.3. The standard InChI is InChI=1S/C21H21NO3/c23-21(16-18-10-6-9-17-8-4-5-13-20(17)18)22-25-15-7-14-24-19-11-2-1-3-12-19/h1-6,8-13H,7,14-16H2,(H,22,23). The Morgan fingerprint density at radius 3 is 2.48 bits per heavy atom. The third-order valence-corrected chi connectivity index (χ3v) is 3.82. The van der Waals surface area contributed by atoms with Crippen molar-refractivity contribution in [1.29, 1.82) is 0 Å². The van der Waals surface area contributed by atoms with Gasteiger partial charge in [0.2, 0.25) is 5.91 Å². The number of para-hydroxylation sites is 1. The smallest absolute Gasteiger partial charge is 0.247 e. The van der Waals surface area contributed by atoms with Gasteiger partial charge in [0, 0.05) is 6.42 Å². The monoisotopic (exact) mass is 335 g/mol. The van der Waals surface area contributed by atoms with E-state index >= 15 is 0 Å². The van der Waals surface area contributed by atoms with Crippen LogP contribution in [0.5, 0.6) is 5.75 Å². The third-order valence-electron chi connectivity index (χ3n) is 3.82. The molecule has 0 aliphatic rings. The van der Waals surface area contributed by atoms with Crippen molar-refractivity contribution in [2.45, 2.75) is 12.8 Å². The minimum absolute atomic E-state index is 0.152. The van der Waals surface area contributed by atoms with Crippen LogP contribution in [0.4, 0.5) is 0 Å². The molecule has 0 unspecified atom stereocenters. The van der Waals surface area contributed by atoms with Gasteiger partial charge in [-0.3, -0.25) is 9.63 Å². The Morgan fingerprint density at radius 1 is 0.840 bits per heavy atom. The largest absolute Gasteiger partial charge is 0.494 e. The number of carbonyl (C=O) groups is 1. The molecule has 1 amide bonds. The van der Waals surface area contributed by atoms with E-state index in [4.69, 9.17) is 9.57 Å². The molecule has 25 heavy (non-hydrogen) atoms. The Labute approximate surface area is 147 Å². The van der Waals surface area contributed by atoms with Crippen LogP contribution < -0.4 is 10.2 Å². The van der Waals surface area contributed by atoms with Gasteiger partial charge in [0.25, 0.3) is 0 Å². The molecule has 4 nitrogen and oxygen atoms in total. The van der Waals surface area contributed by atoms with E-state index in [-0.39, 0.29) is 5.91 Å². The first-order chi connectivity index (χ1) is 12.3. The maximum absolute atomic E-state index is 12.0. The van der Waals surface area contributed by atoms with Crippen molar-refractivity contribution in [1.82, 2.24) is 5.48 Å². The molecular formula is C21H21NO3. The lowest BCUT2D eigenvalue weighted by Crippen LogP contribution is -2.26. The summed E-state index contributed by atoms with van der Waals surface area (Å²) in [6.07, 6.45) is 0.991. The van der Waals surface area contributed by atoms with Crippen LogP contribution in [-0.2, 0) is 16.1 Å². The molecule has 128 valence electrons. The number of rotatable bonds is 8. The van der Waals surface area contributed by atoms with Crippen LogP contribution in [0.1, 0.15) is 12.0 Å². The van der Waals surface area contributed by atoms with Crippen LogP contribution in [0.15, 0.2) is 72.8 Å². The maximum atomic E-state index is 12.0. The van der Waals surface area contributed by atoms with Crippen molar-refractivity contribution < 1.29 is 14.4 Å². The summed E-state index contributed by atoms with van der Waals surface area (Å²) in [7, 11) is 0. The summed E-state index contributed by atoms with van der Waals surface area (Å²) in [5.74, 6) is 0.683. The highest BCUT2D eigenvalue weighted by molar-refractivity contribution is 5.89. The second-order valence-electron chi connectivity index (χ2n) is 5.70. The Hall–Kier alpha value is -2.85. The van der Waals surface area contributed by atoms with Gasteiger partial charge in [-0.25, -0.2) is 5.48 Å². The minimum Gasteiger partial charge on any atom is -0.494 e. The summed E-state index contributed by atoms with van der Waals surface area (Å²) >= 11 is 0. The van der Waals surface area contributed by atoms with Gasteiger partial charge in [-0.05, 0) is 28.5 Å². The molecule has 0 aromatic heterocycles.